The number of aliphatic hydroxyl groups is 1. The summed E-state index contributed by atoms with van der Waals surface area (Å²) in [6.07, 6.45) is -6.37. The van der Waals surface area contributed by atoms with Gasteiger partial charge in [-0.3, -0.25) is 9.36 Å². The highest BCUT2D eigenvalue weighted by Gasteiger charge is 2.39. The number of para-hydroxylation sites is 1. The molecule has 2 aromatic heterocycles. The molecule has 1 unspecified atom stereocenters. The first-order chi connectivity index (χ1) is 17.1. The molecular formula is C22H19ClF3N7O3. The van der Waals surface area contributed by atoms with Crippen LogP contribution in [0.1, 0.15) is 16.2 Å². The average molecular weight is 522 g/mol. The van der Waals surface area contributed by atoms with Gasteiger partial charge in [0.05, 0.1) is 17.8 Å². The van der Waals surface area contributed by atoms with Crippen LogP contribution in [0.5, 0.6) is 0 Å². The number of halogens is 4. The van der Waals surface area contributed by atoms with E-state index in [2.05, 4.69) is 20.5 Å². The van der Waals surface area contributed by atoms with Crippen LogP contribution in [0.25, 0.3) is 17.1 Å². The molecule has 0 fully saturated rings. The van der Waals surface area contributed by atoms with Crippen molar-refractivity contribution < 1.29 is 23.1 Å². The Morgan fingerprint density at radius 3 is 2.50 bits per heavy atom. The molecule has 36 heavy (non-hydrogen) atoms. The van der Waals surface area contributed by atoms with Crippen LogP contribution < -0.4 is 11.0 Å². The van der Waals surface area contributed by atoms with Crippen molar-refractivity contribution in [2.45, 2.75) is 25.4 Å². The number of amides is 1. The second-order valence-corrected chi connectivity index (χ2v) is 8.08. The number of rotatable bonds is 7. The molecule has 0 saturated heterocycles. The Hall–Kier alpha value is -3.97. The first-order valence-electron chi connectivity index (χ1n) is 10.5. The molecule has 2 heterocycles. The highest BCUT2D eigenvalue weighted by molar-refractivity contribution is 6.30. The summed E-state index contributed by atoms with van der Waals surface area (Å²) in [5, 5.41) is 21.0. The van der Waals surface area contributed by atoms with E-state index in [1.54, 1.807) is 24.3 Å². The van der Waals surface area contributed by atoms with Crippen molar-refractivity contribution in [2.75, 3.05) is 7.05 Å². The maximum absolute atomic E-state index is 13.0. The van der Waals surface area contributed by atoms with Gasteiger partial charge in [0.15, 0.2) is 17.8 Å². The van der Waals surface area contributed by atoms with Crippen molar-refractivity contribution in [2.24, 2.45) is 0 Å². The van der Waals surface area contributed by atoms with Gasteiger partial charge < -0.3 is 10.4 Å². The topological polar surface area (TPSA) is 120 Å². The van der Waals surface area contributed by atoms with Gasteiger partial charge >= 0.3 is 11.9 Å². The minimum absolute atomic E-state index is 0.0932. The van der Waals surface area contributed by atoms with Gasteiger partial charge in [0.2, 0.25) is 0 Å². The second kappa shape index (κ2) is 9.95. The summed E-state index contributed by atoms with van der Waals surface area (Å²) in [6, 6.07) is 12.6. The standard InChI is InChI=1S/C22H19ClF3N7O3/c1-27-20(35)15-4-2-3-5-16(15)33-12-28-18(29-33)11-32-21(36)31(10-17(34)22(24,25)26)19(30-32)13-6-8-14(23)9-7-13/h2-9,12,17,34H,10-11H2,1H3,(H,27,35). The van der Waals surface area contributed by atoms with Gasteiger partial charge in [-0.25, -0.2) is 19.1 Å². The van der Waals surface area contributed by atoms with Crippen molar-refractivity contribution in [1.29, 1.82) is 0 Å². The van der Waals surface area contributed by atoms with Crippen LogP contribution in [0.3, 0.4) is 0 Å². The lowest BCUT2D eigenvalue weighted by molar-refractivity contribution is -0.207. The zero-order valence-electron chi connectivity index (χ0n) is 18.6. The molecule has 1 amide bonds. The summed E-state index contributed by atoms with van der Waals surface area (Å²) in [7, 11) is 1.49. The van der Waals surface area contributed by atoms with Gasteiger partial charge in [-0.2, -0.15) is 13.2 Å². The molecular weight excluding hydrogens is 503 g/mol. The maximum Gasteiger partial charge on any atom is 0.416 e. The minimum Gasteiger partial charge on any atom is -0.382 e. The molecule has 188 valence electrons. The SMILES string of the molecule is CNC(=O)c1ccccc1-n1cnc(Cn2nc(-c3ccc(Cl)cc3)n(CC(O)C(F)(F)F)c2=O)n1. The number of aromatic nitrogens is 6. The molecule has 2 N–H and O–H groups in total. The molecule has 10 nitrogen and oxygen atoms in total. The molecule has 0 aliphatic carbocycles. The van der Waals surface area contributed by atoms with Crippen LogP contribution in [-0.4, -0.2) is 59.5 Å². The van der Waals surface area contributed by atoms with Gasteiger partial charge in [-0.1, -0.05) is 23.7 Å². The Labute approximate surface area is 206 Å². The summed E-state index contributed by atoms with van der Waals surface area (Å²) in [4.78, 5) is 29.3. The molecule has 4 rings (SSSR count). The van der Waals surface area contributed by atoms with Gasteiger partial charge in [0.25, 0.3) is 5.91 Å². The van der Waals surface area contributed by atoms with Crippen molar-refractivity contribution in [3.63, 3.8) is 0 Å². The van der Waals surface area contributed by atoms with E-state index in [9.17, 15) is 27.9 Å². The highest BCUT2D eigenvalue weighted by Crippen LogP contribution is 2.24. The lowest BCUT2D eigenvalue weighted by atomic mass is 10.1. The normalized spacial score (nSPS) is 12.5. The Kier molecular flexibility index (Phi) is 6.95. The lowest BCUT2D eigenvalue weighted by Crippen LogP contribution is -2.37. The van der Waals surface area contributed by atoms with E-state index in [1.807, 2.05) is 0 Å². The zero-order valence-corrected chi connectivity index (χ0v) is 19.4. The number of aliphatic hydroxyl groups excluding tert-OH is 1. The maximum atomic E-state index is 13.0. The number of benzene rings is 2. The number of hydrogen-bond acceptors (Lipinski definition) is 6. The van der Waals surface area contributed by atoms with E-state index in [0.717, 1.165) is 9.25 Å². The molecule has 0 bridgehead atoms. The lowest BCUT2D eigenvalue weighted by Gasteiger charge is -2.15. The fourth-order valence-electron chi connectivity index (χ4n) is 3.42. The first kappa shape index (κ1) is 25.1. The second-order valence-electron chi connectivity index (χ2n) is 7.64. The number of carbonyl (C=O) groups excluding carboxylic acids is 1. The van der Waals surface area contributed by atoms with Crippen molar-refractivity contribution in [1.82, 2.24) is 34.4 Å². The molecule has 1 atom stereocenters. The van der Waals surface area contributed by atoms with Crippen LogP contribution in [0.4, 0.5) is 13.2 Å². The smallest absolute Gasteiger partial charge is 0.382 e. The number of carbonyl (C=O) groups is 1. The molecule has 0 aliphatic heterocycles. The number of nitrogens with zero attached hydrogens (tertiary/aromatic N) is 6. The summed E-state index contributed by atoms with van der Waals surface area (Å²) < 4.78 is 42.1. The number of nitrogens with one attached hydrogen (secondary N) is 1. The molecule has 0 radical (unpaired) electrons. The predicted molar refractivity (Wildman–Crippen MR) is 123 cm³/mol. The van der Waals surface area contributed by atoms with E-state index < -0.39 is 24.5 Å². The van der Waals surface area contributed by atoms with E-state index in [-0.39, 0.29) is 24.1 Å². The van der Waals surface area contributed by atoms with Gasteiger partial charge in [0.1, 0.15) is 12.9 Å². The summed E-state index contributed by atoms with van der Waals surface area (Å²) >= 11 is 5.89. The van der Waals surface area contributed by atoms with E-state index in [1.165, 1.54) is 42.3 Å². The quantitative estimate of drug-likeness (QED) is 0.385. The van der Waals surface area contributed by atoms with Crippen molar-refractivity contribution >= 4 is 17.5 Å². The third kappa shape index (κ3) is 5.16. The van der Waals surface area contributed by atoms with Crippen molar-refractivity contribution in [3.05, 3.63) is 81.8 Å². The predicted octanol–water partition coefficient (Wildman–Crippen LogP) is 2.28. The molecule has 0 spiro atoms. The largest absolute Gasteiger partial charge is 0.416 e. The molecule has 2 aromatic carbocycles. The zero-order chi connectivity index (χ0) is 26.0. The number of hydrogen-bond donors (Lipinski definition) is 2. The molecule has 0 saturated carbocycles. The molecule has 4 aromatic rings. The molecule has 14 heteroatoms. The average Bonchev–Trinajstić information content (AvgIpc) is 3.44. The van der Waals surface area contributed by atoms with E-state index in [0.29, 0.717) is 21.8 Å². The van der Waals surface area contributed by atoms with Crippen LogP contribution in [0.2, 0.25) is 5.02 Å². The Balaban J connectivity index is 1.70. The first-order valence-corrected chi connectivity index (χ1v) is 10.9. The van der Waals surface area contributed by atoms with Gasteiger partial charge in [0, 0.05) is 17.6 Å². The van der Waals surface area contributed by atoms with Crippen LogP contribution >= 0.6 is 11.6 Å². The molecule has 0 aliphatic rings. The Morgan fingerprint density at radius 2 is 1.83 bits per heavy atom. The van der Waals surface area contributed by atoms with Crippen LogP contribution in [-0.2, 0) is 13.1 Å². The highest BCUT2D eigenvalue weighted by atomic mass is 35.5. The van der Waals surface area contributed by atoms with Gasteiger partial charge in [-0.15, -0.1) is 10.2 Å². The third-order valence-corrected chi connectivity index (χ3v) is 5.46. The van der Waals surface area contributed by atoms with Crippen molar-refractivity contribution in [3.8, 4) is 17.1 Å². The van der Waals surface area contributed by atoms with Gasteiger partial charge in [-0.05, 0) is 36.4 Å². The summed E-state index contributed by atoms with van der Waals surface area (Å²) in [6.45, 7) is -1.33. The minimum atomic E-state index is -4.93. The van der Waals surface area contributed by atoms with E-state index >= 15 is 0 Å². The van der Waals surface area contributed by atoms with E-state index in [4.69, 9.17) is 11.6 Å². The monoisotopic (exact) mass is 521 g/mol. The Bertz CT molecular complexity index is 1440. The fourth-order valence-corrected chi connectivity index (χ4v) is 3.54. The van der Waals surface area contributed by atoms with Crippen LogP contribution in [0, 0.1) is 0 Å². The third-order valence-electron chi connectivity index (χ3n) is 5.21. The summed E-state index contributed by atoms with van der Waals surface area (Å²) in [5.41, 5.74) is 0.195. The number of alkyl halides is 3. The fraction of sp³-hybridized carbons (Fsp3) is 0.227. The Morgan fingerprint density at radius 1 is 1.14 bits per heavy atom. The van der Waals surface area contributed by atoms with Crippen LogP contribution in [0.15, 0.2) is 59.7 Å². The summed E-state index contributed by atoms with van der Waals surface area (Å²) in [5.74, 6) is -0.315.